The van der Waals surface area contributed by atoms with Crippen molar-refractivity contribution in [1.29, 1.82) is 0 Å². The minimum Gasteiger partial charge on any atom is -0.481 e. The number of benzene rings is 1. The molecule has 0 unspecified atom stereocenters. The van der Waals surface area contributed by atoms with Crippen LogP contribution in [0.4, 0.5) is 5.69 Å². The predicted molar refractivity (Wildman–Crippen MR) is 70.0 cm³/mol. The summed E-state index contributed by atoms with van der Waals surface area (Å²) in [5.74, 6) is -0.789. The summed E-state index contributed by atoms with van der Waals surface area (Å²) in [6.07, 6.45) is 0. The van der Waals surface area contributed by atoms with Crippen LogP contribution in [-0.4, -0.2) is 30.8 Å². The van der Waals surface area contributed by atoms with E-state index in [1.807, 2.05) is 6.92 Å². The van der Waals surface area contributed by atoms with Gasteiger partial charge in [-0.15, -0.1) is 0 Å². The molecule has 4 heteroatoms. The van der Waals surface area contributed by atoms with E-state index in [-0.39, 0.29) is 0 Å². The van der Waals surface area contributed by atoms with Crippen molar-refractivity contribution >= 4 is 11.7 Å². The number of ether oxygens (including phenoxy) is 1. The summed E-state index contributed by atoms with van der Waals surface area (Å²) in [6, 6.07) is 4.18. The third-order valence-electron chi connectivity index (χ3n) is 3.67. The van der Waals surface area contributed by atoms with Gasteiger partial charge in [-0.1, -0.05) is 6.07 Å². The molecule has 1 aromatic rings. The Kier molecular flexibility index (Phi) is 3.30. The molecule has 1 aliphatic rings. The molecule has 0 amide bonds. The Labute approximate surface area is 107 Å². The van der Waals surface area contributed by atoms with Gasteiger partial charge in [-0.3, -0.25) is 4.79 Å². The lowest BCUT2D eigenvalue weighted by Crippen LogP contribution is -2.53. The summed E-state index contributed by atoms with van der Waals surface area (Å²) in [6.45, 7) is 7.15. The molecule has 18 heavy (non-hydrogen) atoms. The van der Waals surface area contributed by atoms with Crippen LogP contribution >= 0.6 is 0 Å². The zero-order valence-corrected chi connectivity index (χ0v) is 11.0. The maximum Gasteiger partial charge on any atom is 0.316 e. The lowest BCUT2D eigenvalue weighted by molar-refractivity contribution is -0.176. The Morgan fingerprint density at radius 1 is 1.28 bits per heavy atom. The second-order valence-corrected chi connectivity index (χ2v) is 5.18. The van der Waals surface area contributed by atoms with E-state index < -0.39 is 11.4 Å². The van der Waals surface area contributed by atoms with E-state index in [0.717, 1.165) is 11.3 Å². The minimum absolute atomic E-state index is 0.291. The smallest absolute Gasteiger partial charge is 0.316 e. The van der Waals surface area contributed by atoms with Gasteiger partial charge in [-0.25, -0.2) is 0 Å². The fourth-order valence-electron chi connectivity index (χ4n) is 2.07. The largest absolute Gasteiger partial charge is 0.481 e. The average Bonchev–Trinajstić information content (AvgIpc) is 2.23. The van der Waals surface area contributed by atoms with E-state index >= 15 is 0 Å². The third kappa shape index (κ3) is 2.20. The van der Waals surface area contributed by atoms with Crippen LogP contribution in [0, 0.1) is 26.2 Å². The molecule has 0 bridgehead atoms. The molecule has 1 fully saturated rings. The lowest BCUT2D eigenvalue weighted by atomic mass is 9.86. The number of aliphatic carboxylic acids is 1. The van der Waals surface area contributed by atoms with Crippen LogP contribution in [0.5, 0.6) is 0 Å². The van der Waals surface area contributed by atoms with Crippen LogP contribution < -0.4 is 5.32 Å². The highest BCUT2D eigenvalue weighted by Gasteiger charge is 2.46. The number of hydrogen-bond donors (Lipinski definition) is 2. The third-order valence-corrected chi connectivity index (χ3v) is 3.67. The first kappa shape index (κ1) is 12.9. The van der Waals surface area contributed by atoms with E-state index in [1.165, 1.54) is 11.1 Å². The summed E-state index contributed by atoms with van der Waals surface area (Å²) in [5.41, 5.74) is 3.84. The molecule has 0 atom stereocenters. The molecule has 1 heterocycles. The standard InChI is InChI=1S/C14H19NO3/c1-9-4-11(3)12(5-10(9)2)15-6-14(13(16)17)7-18-8-14/h4-5,15H,6-8H2,1-3H3,(H,16,17). The SMILES string of the molecule is Cc1cc(C)c(NCC2(C(=O)O)COC2)cc1C. The van der Waals surface area contributed by atoms with Gasteiger partial charge in [0, 0.05) is 12.2 Å². The Hall–Kier alpha value is -1.55. The van der Waals surface area contributed by atoms with Crippen molar-refractivity contribution in [3.05, 3.63) is 28.8 Å². The van der Waals surface area contributed by atoms with Crippen molar-refractivity contribution in [1.82, 2.24) is 0 Å². The maximum absolute atomic E-state index is 11.2. The van der Waals surface area contributed by atoms with Crippen LogP contribution in [-0.2, 0) is 9.53 Å². The molecule has 98 valence electrons. The summed E-state index contributed by atoms with van der Waals surface area (Å²) < 4.78 is 5.04. The van der Waals surface area contributed by atoms with Gasteiger partial charge in [0.25, 0.3) is 0 Å². The number of carbonyl (C=O) groups is 1. The molecule has 0 spiro atoms. The first-order valence-corrected chi connectivity index (χ1v) is 6.07. The summed E-state index contributed by atoms with van der Waals surface area (Å²) in [7, 11) is 0. The molecule has 1 aromatic carbocycles. The Balaban J connectivity index is 2.11. The van der Waals surface area contributed by atoms with Crippen molar-refractivity contribution < 1.29 is 14.6 Å². The first-order valence-electron chi connectivity index (χ1n) is 6.07. The Morgan fingerprint density at radius 2 is 1.89 bits per heavy atom. The molecule has 0 aliphatic carbocycles. The van der Waals surface area contributed by atoms with Crippen molar-refractivity contribution in [2.45, 2.75) is 20.8 Å². The number of nitrogens with one attached hydrogen (secondary N) is 1. The van der Waals surface area contributed by atoms with Crippen LogP contribution in [0.3, 0.4) is 0 Å². The normalized spacial score (nSPS) is 17.1. The second-order valence-electron chi connectivity index (χ2n) is 5.18. The molecule has 0 saturated carbocycles. The van der Waals surface area contributed by atoms with Gasteiger partial charge in [0.2, 0.25) is 0 Å². The van der Waals surface area contributed by atoms with Gasteiger partial charge >= 0.3 is 5.97 Å². The summed E-state index contributed by atoms with van der Waals surface area (Å²) >= 11 is 0. The lowest BCUT2D eigenvalue weighted by Gasteiger charge is -2.37. The molecule has 4 nitrogen and oxygen atoms in total. The topological polar surface area (TPSA) is 58.6 Å². The number of carboxylic acid groups (broad SMARTS) is 1. The van der Waals surface area contributed by atoms with Gasteiger partial charge in [0.05, 0.1) is 13.2 Å². The number of carboxylic acids is 1. The number of anilines is 1. The maximum atomic E-state index is 11.2. The highest BCUT2D eigenvalue weighted by atomic mass is 16.5. The van der Waals surface area contributed by atoms with Gasteiger partial charge in [0.15, 0.2) is 0 Å². The molecule has 1 aliphatic heterocycles. The van der Waals surface area contributed by atoms with Crippen molar-refractivity contribution in [3.63, 3.8) is 0 Å². The van der Waals surface area contributed by atoms with Crippen LogP contribution in [0.25, 0.3) is 0 Å². The van der Waals surface area contributed by atoms with E-state index in [0.29, 0.717) is 19.8 Å². The van der Waals surface area contributed by atoms with Crippen molar-refractivity contribution in [2.24, 2.45) is 5.41 Å². The fraction of sp³-hybridized carbons (Fsp3) is 0.500. The van der Waals surface area contributed by atoms with E-state index in [9.17, 15) is 9.90 Å². The second kappa shape index (κ2) is 4.61. The first-order chi connectivity index (χ1) is 8.44. The quantitative estimate of drug-likeness (QED) is 0.858. The van der Waals surface area contributed by atoms with Gasteiger partial charge in [0.1, 0.15) is 5.41 Å². The fourth-order valence-corrected chi connectivity index (χ4v) is 2.07. The zero-order chi connectivity index (χ0) is 13.3. The molecule has 1 saturated heterocycles. The van der Waals surface area contributed by atoms with Gasteiger partial charge < -0.3 is 15.2 Å². The van der Waals surface area contributed by atoms with E-state index in [2.05, 4.69) is 31.3 Å². The summed E-state index contributed by atoms with van der Waals surface area (Å²) in [4.78, 5) is 11.2. The van der Waals surface area contributed by atoms with Crippen LogP contribution in [0.1, 0.15) is 16.7 Å². The molecular formula is C14H19NO3. The highest BCUT2D eigenvalue weighted by Crippen LogP contribution is 2.29. The Morgan fingerprint density at radius 3 is 2.39 bits per heavy atom. The number of hydrogen-bond acceptors (Lipinski definition) is 3. The number of aryl methyl sites for hydroxylation is 3. The van der Waals surface area contributed by atoms with Gasteiger partial charge in [-0.2, -0.15) is 0 Å². The monoisotopic (exact) mass is 249 g/mol. The van der Waals surface area contributed by atoms with Crippen molar-refractivity contribution in [2.75, 3.05) is 25.1 Å². The molecule has 2 N–H and O–H groups in total. The molecule has 0 radical (unpaired) electrons. The molecule has 0 aromatic heterocycles. The van der Waals surface area contributed by atoms with E-state index in [4.69, 9.17) is 4.74 Å². The number of rotatable bonds is 4. The minimum atomic E-state index is -0.789. The predicted octanol–water partition coefficient (Wildman–Crippen LogP) is 2.12. The molecular weight excluding hydrogens is 230 g/mol. The van der Waals surface area contributed by atoms with Crippen LogP contribution in [0.15, 0.2) is 12.1 Å². The average molecular weight is 249 g/mol. The van der Waals surface area contributed by atoms with Gasteiger partial charge in [-0.05, 0) is 43.5 Å². The summed E-state index contributed by atoms with van der Waals surface area (Å²) in [5, 5.41) is 12.5. The Bertz CT molecular complexity index is 478. The van der Waals surface area contributed by atoms with E-state index in [1.54, 1.807) is 0 Å². The zero-order valence-electron chi connectivity index (χ0n) is 11.0. The highest BCUT2D eigenvalue weighted by molar-refractivity contribution is 5.77. The molecule has 2 rings (SSSR count). The van der Waals surface area contributed by atoms with Crippen molar-refractivity contribution in [3.8, 4) is 0 Å². The van der Waals surface area contributed by atoms with Crippen LogP contribution in [0.2, 0.25) is 0 Å².